The van der Waals surface area contributed by atoms with Crippen LogP contribution in [0.1, 0.15) is 0 Å². The maximum atomic E-state index is 7.51. The third kappa shape index (κ3) is 14.5. The Labute approximate surface area is 39.9 Å². The molecule has 0 saturated heterocycles. The van der Waals surface area contributed by atoms with Gasteiger partial charge in [-0.15, -0.1) is 0 Å². The summed E-state index contributed by atoms with van der Waals surface area (Å²) in [5, 5.41) is 9.22. The van der Waals surface area contributed by atoms with E-state index < -0.39 is 0 Å². The molecule has 30 valence electrons. The van der Waals surface area contributed by atoms with E-state index in [9.17, 15) is 0 Å². The van der Waals surface area contributed by atoms with Gasteiger partial charge in [-0.1, -0.05) is 11.7 Å². The van der Waals surface area contributed by atoms with Crippen molar-refractivity contribution in [2.24, 2.45) is 0 Å². The van der Waals surface area contributed by atoms with E-state index in [-0.39, 0.29) is 6.15 Å². The summed E-state index contributed by atoms with van der Waals surface area (Å²) in [6.07, 6.45) is 0. The average Bonchev–Trinajstić information content (AvgIpc) is 1.37. The highest BCUT2D eigenvalue weighted by atomic mass is 33.1. The number of rotatable bonds is 0. The zero-order valence-corrected chi connectivity index (χ0v) is 4.22. The lowest BCUT2D eigenvalue weighted by Gasteiger charge is -1.46. The van der Waals surface area contributed by atoms with Crippen LogP contribution in [0.5, 0.6) is 0 Å². The summed E-state index contributed by atoms with van der Waals surface area (Å²) >= 11 is 3.48. The van der Waals surface area contributed by atoms with Crippen molar-refractivity contribution >= 4 is 22.5 Å². The predicted molar refractivity (Wildman–Crippen MR) is 27.2 cm³/mol. The SMILES string of the molecule is N.N#CSS. The first kappa shape index (κ1) is 8.94. The Balaban J connectivity index is 0. The summed E-state index contributed by atoms with van der Waals surface area (Å²) in [5.74, 6) is 0. The molecule has 0 aliphatic heterocycles. The van der Waals surface area contributed by atoms with Gasteiger partial charge in [-0.3, -0.25) is 0 Å². The van der Waals surface area contributed by atoms with Crippen molar-refractivity contribution in [2.45, 2.75) is 0 Å². The Kier molecular flexibility index (Phi) is 15.9. The molecule has 0 unspecified atom stereocenters. The molecule has 5 heavy (non-hydrogen) atoms. The van der Waals surface area contributed by atoms with E-state index in [0.717, 1.165) is 10.8 Å². The van der Waals surface area contributed by atoms with Crippen molar-refractivity contribution < 1.29 is 0 Å². The van der Waals surface area contributed by atoms with Crippen LogP contribution in [-0.2, 0) is 0 Å². The zero-order chi connectivity index (χ0) is 3.41. The smallest absolute Gasteiger partial charge is 0.144 e. The molecule has 0 aliphatic carbocycles. The summed E-state index contributed by atoms with van der Waals surface area (Å²) in [5.41, 5.74) is 0. The minimum Gasteiger partial charge on any atom is -0.344 e. The summed E-state index contributed by atoms with van der Waals surface area (Å²) in [6.45, 7) is 0. The Morgan fingerprint density at radius 2 is 2.00 bits per heavy atom. The standard InChI is InChI=1S/CHNS2.H3N/c2-1-4-3;/h3H;1H3. The van der Waals surface area contributed by atoms with Crippen LogP contribution in [0.4, 0.5) is 0 Å². The minimum atomic E-state index is 0. The Hall–Kier alpha value is 0.150. The lowest BCUT2D eigenvalue weighted by molar-refractivity contribution is 1.57. The van der Waals surface area contributed by atoms with Gasteiger partial charge in [0.05, 0.1) is 0 Å². The second-order valence-corrected chi connectivity index (χ2v) is 1.10. The molecule has 0 aliphatic rings. The average molecular weight is 108 g/mol. The number of thiocyanates is 1. The van der Waals surface area contributed by atoms with E-state index in [2.05, 4.69) is 11.7 Å². The van der Waals surface area contributed by atoms with Crippen molar-refractivity contribution in [1.82, 2.24) is 6.15 Å². The van der Waals surface area contributed by atoms with Gasteiger partial charge in [-0.05, 0) is 0 Å². The fraction of sp³-hybridized carbons (Fsp3) is 0. The van der Waals surface area contributed by atoms with E-state index in [1.807, 2.05) is 0 Å². The molecule has 0 fully saturated rings. The lowest BCUT2D eigenvalue weighted by Crippen LogP contribution is -1.12. The number of hydrogen-bond donors (Lipinski definition) is 2. The third-order valence-electron chi connectivity index (χ3n) is 0.0408. The van der Waals surface area contributed by atoms with Crippen molar-refractivity contribution in [1.29, 1.82) is 5.26 Å². The lowest BCUT2D eigenvalue weighted by atomic mass is 11.8. The molecule has 2 nitrogen and oxygen atoms in total. The van der Waals surface area contributed by atoms with Gasteiger partial charge in [-0.25, -0.2) is 0 Å². The third-order valence-corrected chi connectivity index (χ3v) is 0.367. The molecule has 0 amide bonds. The number of thiol groups is 1. The monoisotopic (exact) mass is 108 g/mol. The van der Waals surface area contributed by atoms with E-state index in [0.29, 0.717) is 0 Å². The molecule has 3 N–H and O–H groups in total. The van der Waals surface area contributed by atoms with Gasteiger partial charge in [0.25, 0.3) is 0 Å². The Morgan fingerprint density at radius 1 is 1.80 bits per heavy atom. The Bertz CT molecular complexity index is 37.4. The largest absolute Gasteiger partial charge is 0.344 e. The van der Waals surface area contributed by atoms with Crippen LogP contribution < -0.4 is 6.15 Å². The molecule has 0 saturated carbocycles. The second-order valence-electron chi connectivity index (χ2n) is 0.183. The second kappa shape index (κ2) is 8.91. The van der Waals surface area contributed by atoms with Crippen molar-refractivity contribution in [3.8, 4) is 5.40 Å². The highest BCUT2D eigenvalue weighted by molar-refractivity contribution is 8.70. The van der Waals surface area contributed by atoms with Crippen LogP contribution in [0.25, 0.3) is 0 Å². The minimum absolute atomic E-state index is 0. The van der Waals surface area contributed by atoms with Gasteiger partial charge in [0, 0.05) is 10.8 Å². The van der Waals surface area contributed by atoms with Gasteiger partial charge in [0.2, 0.25) is 0 Å². The van der Waals surface area contributed by atoms with E-state index in [1.165, 1.54) is 0 Å². The molecule has 0 aromatic carbocycles. The zero-order valence-electron chi connectivity index (χ0n) is 2.51. The molecule has 4 heteroatoms. The van der Waals surface area contributed by atoms with Crippen LogP contribution in [-0.4, -0.2) is 0 Å². The Morgan fingerprint density at radius 3 is 2.00 bits per heavy atom. The summed E-state index contributed by atoms with van der Waals surface area (Å²) < 4.78 is 0. The van der Waals surface area contributed by atoms with Crippen LogP contribution >= 0.6 is 22.5 Å². The van der Waals surface area contributed by atoms with E-state index in [1.54, 1.807) is 5.40 Å². The first-order valence-electron chi connectivity index (χ1n) is 0.610. The van der Waals surface area contributed by atoms with Gasteiger partial charge >= 0.3 is 0 Å². The molecule has 0 radical (unpaired) electrons. The molecule has 0 atom stereocenters. The number of hydrogen-bond acceptors (Lipinski definition) is 4. The number of nitriles is 1. The van der Waals surface area contributed by atoms with Crippen LogP contribution in [0.3, 0.4) is 0 Å². The normalized spacial score (nSPS) is 4.00. The van der Waals surface area contributed by atoms with Crippen molar-refractivity contribution in [3.05, 3.63) is 0 Å². The molecule has 0 rings (SSSR count). The van der Waals surface area contributed by atoms with E-state index in [4.69, 9.17) is 5.26 Å². The van der Waals surface area contributed by atoms with Gasteiger partial charge < -0.3 is 6.15 Å². The van der Waals surface area contributed by atoms with Crippen molar-refractivity contribution in [2.75, 3.05) is 0 Å². The highest BCUT2D eigenvalue weighted by Crippen LogP contribution is 1.97. The summed E-state index contributed by atoms with van der Waals surface area (Å²) in [4.78, 5) is 0. The molecular formula is CH4N2S2. The fourth-order valence-electron chi connectivity index (χ4n) is 0. The fourth-order valence-corrected chi connectivity index (χ4v) is 0. The van der Waals surface area contributed by atoms with Gasteiger partial charge in [-0.2, -0.15) is 5.26 Å². The number of nitrogens with zero attached hydrogens (tertiary/aromatic N) is 1. The summed E-state index contributed by atoms with van der Waals surface area (Å²) in [6, 6.07) is 0. The van der Waals surface area contributed by atoms with Crippen LogP contribution in [0.15, 0.2) is 0 Å². The first-order valence-corrected chi connectivity index (χ1v) is 2.48. The maximum absolute atomic E-state index is 7.51. The van der Waals surface area contributed by atoms with Crippen LogP contribution in [0.2, 0.25) is 0 Å². The van der Waals surface area contributed by atoms with Crippen molar-refractivity contribution in [3.63, 3.8) is 0 Å². The van der Waals surface area contributed by atoms with Gasteiger partial charge in [0.1, 0.15) is 5.40 Å². The molecular weight excluding hydrogens is 104 g/mol. The molecule has 0 aromatic rings. The molecule has 0 bridgehead atoms. The van der Waals surface area contributed by atoms with Gasteiger partial charge in [0.15, 0.2) is 0 Å². The quantitative estimate of drug-likeness (QED) is 0.278. The topological polar surface area (TPSA) is 58.8 Å². The van der Waals surface area contributed by atoms with Crippen LogP contribution in [0, 0.1) is 10.7 Å². The highest BCUT2D eigenvalue weighted by Gasteiger charge is 1.51. The first-order chi connectivity index (χ1) is 1.91. The maximum Gasteiger partial charge on any atom is 0.144 e. The predicted octanol–water partition coefficient (Wildman–Crippen LogP) is 1.21. The summed E-state index contributed by atoms with van der Waals surface area (Å²) in [7, 11) is 0.856. The molecule has 0 aromatic heterocycles. The molecule has 0 heterocycles. The van der Waals surface area contributed by atoms with E-state index >= 15 is 0 Å². The molecule has 0 spiro atoms.